The number of nitro groups is 1. The molecule has 0 aliphatic heterocycles. The lowest BCUT2D eigenvalue weighted by Gasteiger charge is -2.12. The van der Waals surface area contributed by atoms with Crippen molar-refractivity contribution < 1.29 is 13.3 Å². The highest BCUT2D eigenvalue weighted by Crippen LogP contribution is 2.31. The Morgan fingerprint density at radius 3 is 2.32 bits per heavy atom. The Bertz CT molecular complexity index is 1070. The standard InChI is InChI=1S/C17H13BrN2O4S/c18-15-9-10-16(14-7-3-2-6-13(14)15)19-25(23,24)11-12-5-1-4-8-17(12)20(21)22/h1-10,19H,11H2. The fraction of sp³-hybridized carbons (Fsp3) is 0.0588. The van der Waals surface area contributed by atoms with Crippen LogP contribution in [0.25, 0.3) is 10.8 Å². The number of rotatable bonds is 5. The lowest BCUT2D eigenvalue weighted by molar-refractivity contribution is -0.385. The Hall–Kier alpha value is -2.45. The minimum atomic E-state index is -3.82. The summed E-state index contributed by atoms with van der Waals surface area (Å²) in [6.45, 7) is 0. The van der Waals surface area contributed by atoms with Crippen molar-refractivity contribution in [1.29, 1.82) is 0 Å². The average Bonchev–Trinajstić information content (AvgIpc) is 2.57. The zero-order valence-electron chi connectivity index (χ0n) is 12.8. The zero-order chi connectivity index (χ0) is 18.0. The van der Waals surface area contributed by atoms with Crippen molar-refractivity contribution >= 4 is 48.1 Å². The molecule has 0 heterocycles. The molecule has 0 spiro atoms. The van der Waals surface area contributed by atoms with Crippen LogP contribution in [0.4, 0.5) is 11.4 Å². The van der Waals surface area contributed by atoms with E-state index < -0.39 is 20.7 Å². The van der Waals surface area contributed by atoms with Crippen LogP contribution in [0.5, 0.6) is 0 Å². The van der Waals surface area contributed by atoms with Crippen LogP contribution in [0, 0.1) is 10.1 Å². The number of hydrogen-bond donors (Lipinski definition) is 1. The SMILES string of the molecule is O=[N+]([O-])c1ccccc1CS(=O)(=O)Nc1ccc(Br)c2ccccc12. The molecule has 0 saturated heterocycles. The van der Waals surface area contributed by atoms with E-state index in [2.05, 4.69) is 20.7 Å². The number of nitrogens with zero attached hydrogens (tertiary/aromatic N) is 1. The quantitative estimate of drug-likeness (QED) is 0.487. The second-order valence-electron chi connectivity index (χ2n) is 5.39. The Morgan fingerprint density at radius 1 is 0.960 bits per heavy atom. The van der Waals surface area contributed by atoms with E-state index in [9.17, 15) is 18.5 Å². The highest BCUT2D eigenvalue weighted by molar-refractivity contribution is 9.10. The summed E-state index contributed by atoms with van der Waals surface area (Å²) >= 11 is 3.44. The van der Waals surface area contributed by atoms with Crippen molar-refractivity contribution in [3.05, 3.63) is 80.8 Å². The summed E-state index contributed by atoms with van der Waals surface area (Å²) in [5, 5.41) is 12.7. The number of sulfonamides is 1. The van der Waals surface area contributed by atoms with Gasteiger partial charge in [-0.3, -0.25) is 14.8 Å². The Morgan fingerprint density at radius 2 is 1.60 bits per heavy atom. The van der Waals surface area contributed by atoms with Gasteiger partial charge in [-0.15, -0.1) is 0 Å². The normalized spacial score (nSPS) is 11.4. The number of anilines is 1. The predicted molar refractivity (Wildman–Crippen MR) is 101 cm³/mol. The summed E-state index contributed by atoms with van der Waals surface area (Å²) in [4.78, 5) is 10.5. The summed E-state index contributed by atoms with van der Waals surface area (Å²) in [5.74, 6) is -0.478. The van der Waals surface area contributed by atoms with Crippen LogP contribution in [0.15, 0.2) is 65.1 Å². The van der Waals surface area contributed by atoms with Gasteiger partial charge in [0.15, 0.2) is 0 Å². The number of benzene rings is 3. The van der Waals surface area contributed by atoms with Gasteiger partial charge in [-0.1, -0.05) is 58.4 Å². The van der Waals surface area contributed by atoms with Crippen LogP contribution in [0.3, 0.4) is 0 Å². The maximum Gasteiger partial charge on any atom is 0.273 e. The number of nitrogens with one attached hydrogen (secondary N) is 1. The first-order valence-electron chi connectivity index (χ1n) is 7.27. The second-order valence-corrected chi connectivity index (χ2v) is 7.96. The third kappa shape index (κ3) is 3.80. The molecule has 3 aromatic rings. The lowest BCUT2D eigenvalue weighted by Crippen LogP contribution is -2.16. The average molecular weight is 421 g/mol. The van der Waals surface area contributed by atoms with Crippen LogP contribution in [-0.2, 0) is 15.8 Å². The van der Waals surface area contributed by atoms with E-state index in [1.165, 1.54) is 18.2 Å². The lowest BCUT2D eigenvalue weighted by atomic mass is 10.1. The van der Waals surface area contributed by atoms with E-state index in [0.29, 0.717) is 5.69 Å². The van der Waals surface area contributed by atoms with E-state index in [1.54, 1.807) is 18.2 Å². The third-order valence-electron chi connectivity index (χ3n) is 3.67. The van der Waals surface area contributed by atoms with Gasteiger partial charge in [0.1, 0.15) is 5.75 Å². The van der Waals surface area contributed by atoms with E-state index >= 15 is 0 Å². The molecule has 0 radical (unpaired) electrons. The molecule has 8 heteroatoms. The van der Waals surface area contributed by atoms with Crippen LogP contribution >= 0.6 is 15.9 Å². The molecule has 0 aliphatic rings. The molecule has 25 heavy (non-hydrogen) atoms. The van der Waals surface area contributed by atoms with Crippen LogP contribution in [0.2, 0.25) is 0 Å². The van der Waals surface area contributed by atoms with Crippen LogP contribution in [-0.4, -0.2) is 13.3 Å². The van der Waals surface area contributed by atoms with Gasteiger partial charge >= 0.3 is 0 Å². The molecule has 0 aromatic heterocycles. The molecule has 0 amide bonds. The molecule has 0 unspecified atom stereocenters. The van der Waals surface area contributed by atoms with E-state index in [1.807, 2.05) is 24.3 Å². The van der Waals surface area contributed by atoms with Gasteiger partial charge in [-0.2, -0.15) is 0 Å². The monoisotopic (exact) mass is 420 g/mol. The number of para-hydroxylation sites is 1. The molecule has 0 fully saturated rings. The highest BCUT2D eigenvalue weighted by Gasteiger charge is 2.20. The molecule has 0 aliphatic carbocycles. The van der Waals surface area contributed by atoms with Crippen LogP contribution < -0.4 is 4.72 Å². The number of hydrogen-bond acceptors (Lipinski definition) is 4. The van der Waals surface area contributed by atoms with Crippen molar-refractivity contribution in [2.24, 2.45) is 0 Å². The van der Waals surface area contributed by atoms with Gasteiger partial charge in [0.05, 0.1) is 10.6 Å². The van der Waals surface area contributed by atoms with E-state index in [4.69, 9.17) is 0 Å². The maximum absolute atomic E-state index is 12.5. The Labute approximate surface area is 152 Å². The van der Waals surface area contributed by atoms with Gasteiger partial charge in [0, 0.05) is 21.5 Å². The number of nitro benzene ring substituents is 1. The summed E-state index contributed by atoms with van der Waals surface area (Å²) in [5.41, 5.74) is 0.354. The van der Waals surface area contributed by atoms with Gasteiger partial charge < -0.3 is 0 Å². The van der Waals surface area contributed by atoms with Gasteiger partial charge in [0.2, 0.25) is 10.0 Å². The topological polar surface area (TPSA) is 89.3 Å². The minimum absolute atomic E-state index is 0.140. The number of halogens is 1. The zero-order valence-corrected chi connectivity index (χ0v) is 15.2. The largest absolute Gasteiger partial charge is 0.283 e. The third-order valence-corrected chi connectivity index (χ3v) is 5.58. The van der Waals surface area contributed by atoms with Gasteiger partial charge in [0.25, 0.3) is 5.69 Å². The molecule has 3 rings (SSSR count). The van der Waals surface area contributed by atoms with Crippen molar-refractivity contribution in [3.8, 4) is 0 Å². The Kier molecular flexibility index (Phi) is 4.73. The van der Waals surface area contributed by atoms with E-state index in [0.717, 1.165) is 15.2 Å². The van der Waals surface area contributed by atoms with Crippen LogP contribution in [0.1, 0.15) is 5.56 Å². The molecular formula is C17H13BrN2O4S. The van der Waals surface area contributed by atoms with Crippen molar-refractivity contribution in [2.75, 3.05) is 4.72 Å². The summed E-state index contributed by atoms with van der Waals surface area (Å²) in [7, 11) is -3.82. The summed E-state index contributed by atoms with van der Waals surface area (Å²) < 4.78 is 28.4. The smallest absolute Gasteiger partial charge is 0.273 e. The molecule has 3 aromatic carbocycles. The minimum Gasteiger partial charge on any atom is -0.283 e. The van der Waals surface area contributed by atoms with E-state index in [-0.39, 0.29) is 11.3 Å². The Balaban J connectivity index is 1.96. The molecule has 6 nitrogen and oxygen atoms in total. The predicted octanol–water partition coefficient (Wildman–Crippen LogP) is 4.45. The molecule has 0 bridgehead atoms. The molecule has 0 saturated carbocycles. The molecule has 128 valence electrons. The van der Waals surface area contributed by atoms with Gasteiger partial charge in [-0.05, 0) is 17.5 Å². The highest BCUT2D eigenvalue weighted by atomic mass is 79.9. The molecule has 1 N–H and O–H groups in total. The summed E-state index contributed by atoms with van der Waals surface area (Å²) in [6.07, 6.45) is 0. The van der Waals surface area contributed by atoms with Gasteiger partial charge in [-0.25, -0.2) is 8.42 Å². The first-order chi connectivity index (χ1) is 11.9. The first-order valence-corrected chi connectivity index (χ1v) is 9.72. The first kappa shape index (κ1) is 17.4. The van der Waals surface area contributed by atoms with Crippen molar-refractivity contribution in [2.45, 2.75) is 5.75 Å². The number of fused-ring (bicyclic) bond motifs is 1. The fourth-order valence-electron chi connectivity index (χ4n) is 2.57. The molecular weight excluding hydrogens is 408 g/mol. The fourth-order valence-corrected chi connectivity index (χ4v) is 4.29. The van der Waals surface area contributed by atoms with Crippen molar-refractivity contribution in [1.82, 2.24) is 0 Å². The maximum atomic E-state index is 12.5. The van der Waals surface area contributed by atoms with Crippen molar-refractivity contribution in [3.63, 3.8) is 0 Å². The second kappa shape index (κ2) is 6.81. The molecule has 0 atom stereocenters. The summed E-state index contributed by atoms with van der Waals surface area (Å²) in [6, 6.07) is 16.6.